The highest BCUT2D eigenvalue weighted by atomic mass is 32.2. The lowest BCUT2D eigenvalue weighted by atomic mass is 9.95. The van der Waals surface area contributed by atoms with Crippen molar-refractivity contribution in [3.05, 3.63) is 41.0 Å². The van der Waals surface area contributed by atoms with Crippen LogP contribution in [-0.2, 0) is 10.1 Å². The van der Waals surface area contributed by atoms with Crippen LogP contribution in [-0.4, -0.2) is 13.0 Å². The van der Waals surface area contributed by atoms with Gasteiger partial charge >= 0.3 is 0 Å². The predicted octanol–water partition coefficient (Wildman–Crippen LogP) is 3.83. The van der Waals surface area contributed by atoms with Gasteiger partial charge in [0.15, 0.2) is 0 Å². The minimum Gasteiger partial charge on any atom is -0.282 e. The van der Waals surface area contributed by atoms with Crippen molar-refractivity contribution in [1.29, 1.82) is 0 Å². The fourth-order valence-electron chi connectivity index (χ4n) is 2.31. The molecule has 2 rings (SSSR count). The highest BCUT2D eigenvalue weighted by Crippen LogP contribution is 2.30. The summed E-state index contributed by atoms with van der Waals surface area (Å²) in [5.41, 5.74) is 2.64. The minimum atomic E-state index is -4.18. The number of benzene rings is 2. The quantitative estimate of drug-likeness (QED) is 0.849. The van der Waals surface area contributed by atoms with Crippen LogP contribution in [0.3, 0.4) is 0 Å². The molecule has 0 spiro atoms. The molecule has 0 aliphatic carbocycles. The van der Waals surface area contributed by atoms with Crippen molar-refractivity contribution >= 4 is 20.9 Å². The van der Waals surface area contributed by atoms with Crippen LogP contribution in [0.4, 0.5) is 0 Å². The molecule has 2 aromatic carbocycles. The molecule has 0 amide bonds. The molecule has 0 aliphatic rings. The molecule has 0 atom stereocenters. The van der Waals surface area contributed by atoms with Crippen molar-refractivity contribution < 1.29 is 13.0 Å². The van der Waals surface area contributed by atoms with Crippen LogP contribution in [0.5, 0.6) is 0 Å². The predicted molar refractivity (Wildman–Crippen MR) is 77.3 cm³/mol. The van der Waals surface area contributed by atoms with E-state index in [1.54, 1.807) is 13.0 Å². The van der Waals surface area contributed by atoms with Crippen molar-refractivity contribution in [1.82, 2.24) is 0 Å². The van der Waals surface area contributed by atoms with Gasteiger partial charge in [0.1, 0.15) is 0 Å². The van der Waals surface area contributed by atoms with E-state index < -0.39 is 10.1 Å². The normalized spacial score (nSPS) is 12.3. The van der Waals surface area contributed by atoms with Gasteiger partial charge in [0.2, 0.25) is 0 Å². The van der Waals surface area contributed by atoms with Gasteiger partial charge < -0.3 is 0 Å². The van der Waals surface area contributed by atoms with E-state index in [0.29, 0.717) is 11.5 Å². The first-order valence-electron chi connectivity index (χ1n) is 6.23. The average Bonchev–Trinajstić information content (AvgIpc) is 2.31. The molecule has 0 bridgehead atoms. The lowest BCUT2D eigenvalue weighted by molar-refractivity contribution is 0.482. The van der Waals surface area contributed by atoms with E-state index in [0.717, 1.165) is 21.9 Å². The van der Waals surface area contributed by atoms with E-state index in [9.17, 15) is 13.0 Å². The number of aryl methyl sites for hydroxylation is 1. The van der Waals surface area contributed by atoms with Gasteiger partial charge in [-0.15, -0.1) is 0 Å². The zero-order valence-corrected chi connectivity index (χ0v) is 12.4. The Balaban J connectivity index is 2.86. The summed E-state index contributed by atoms with van der Waals surface area (Å²) in [6, 6.07) is 7.62. The summed E-state index contributed by atoms with van der Waals surface area (Å²) >= 11 is 0. The van der Waals surface area contributed by atoms with Crippen LogP contribution >= 0.6 is 0 Å². The summed E-state index contributed by atoms with van der Waals surface area (Å²) in [4.78, 5) is -0.00148. The third-order valence-corrected chi connectivity index (χ3v) is 4.62. The first kappa shape index (κ1) is 14.0. The van der Waals surface area contributed by atoms with Crippen LogP contribution < -0.4 is 0 Å². The fraction of sp³-hybridized carbons (Fsp3) is 0.333. The van der Waals surface area contributed by atoms with Gasteiger partial charge in [-0.2, -0.15) is 8.42 Å². The maximum atomic E-state index is 11.4. The summed E-state index contributed by atoms with van der Waals surface area (Å²) in [6.45, 7) is 7.77. The Hall–Kier alpha value is -1.39. The number of rotatable bonds is 2. The summed E-state index contributed by atoms with van der Waals surface area (Å²) in [7, 11) is -4.18. The second kappa shape index (κ2) is 4.62. The van der Waals surface area contributed by atoms with Crippen LogP contribution in [0.2, 0.25) is 0 Å². The molecule has 0 saturated heterocycles. The Labute approximate surface area is 114 Å². The third kappa shape index (κ3) is 2.51. The lowest BCUT2D eigenvalue weighted by Crippen LogP contribution is -2.03. The molecule has 2 aromatic rings. The topological polar surface area (TPSA) is 54.4 Å². The smallest absolute Gasteiger partial charge is 0.282 e. The molecule has 4 heteroatoms. The Morgan fingerprint density at radius 1 is 1.05 bits per heavy atom. The van der Waals surface area contributed by atoms with Crippen LogP contribution in [0, 0.1) is 13.8 Å². The molecule has 1 N–H and O–H groups in total. The SMILES string of the molecule is Cc1c(S(=O)(=O)O)cc2cc(C(C)C)ccc2c1C. The van der Waals surface area contributed by atoms with E-state index in [1.807, 2.05) is 19.1 Å². The van der Waals surface area contributed by atoms with E-state index in [2.05, 4.69) is 19.9 Å². The molecule has 0 heterocycles. The molecule has 3 nitrogen and oxygen atoms in total. The van der Waals surface area contributed by atoms with Gasteiger partial charge in [-0.3, -0.25) is 4.55 Å². The lowest BCUT2D eigenvalue weighted by Gasteiger charge is -2.13. The highest BCUT2D eigenvalue weighted by Gasteiger charge is 2.17. The van der Waals surface area contributed by atoms with Gasteiger partial charge in [-0.1, -0.05) is 32.0 Å². The zero-order chi connectivity index (χ0) is 14.4. The van der Waals surface area contributed by atoms with Gasteiger partial charge in [0.25, 0.3) is 10.1 Å². The molecule has 0 unspecified atom stereocenters. The van der Waals surface area contributed by atoms with E-state index in [4.69, 9.17) is 0 Å². The monoisotopic (exact) mass is 278 g/mol. The van der Waals surface area contributed by atoms with Crippen LogP contribution in [0.25, 0.3) is 10.8 Å². The summed E-state index contributed by atoms with van der Waals surface area (Å²) in [6.07, 6.45) is 0. The standard InChI is InChI=1S/C15H18O3S/c1-9(2)12-5-6-14-10(3)11(4)15(19(16,17)18)8-13(14)7-12/h5-9H,1-4H3,(H,16,17,18). The van der Waals surface area contributed by atoms with E-state index in [-0.39, 0.29) is 4.90 Å². The molecule has 0 radical (unpaired) electrons. The molecule has 0 aromatic heterocycles. The van der Waals surface area contributed by atoms with Crippen molar-refractivity contribution in [3.63, 3.8) is 0 Å². The van der Waals surface area contributed by atoms with Gasteiger partial charge in [0.05, 0.1) is 4.90 Å². The van der Waals surface area contributed by atoms with E-state index in [1.165, 1.54) is 0 Å². The zero-order valence-electron chi connectivity index (χ0n) is 11.6. The average molecular weight is 278 g/mol. The number of hydrogen-bond donors (Lipinski definition) is 1. The van der Waals surface area contributed by atoms with E-state index >= 15 is 0 Å². The Kier molecular flexibility index (Phi) is 3.41. The highest BCUT2D eigenvalue weighted by molar-refractivity contribution is 7.85. The maximum Gasteiger partial charge on any atom is 0.294 e. The Morgan fingerprint density at radius 2 is 1.68 bits per heavy atom. The summed E-state index contributed by atoms with van der Waals surface area (Å²) in [5, 5.41) is 1.87. The fourth-order valence-corrected chi connectivity index (χ4v) is 3.12. The van der Waals surface area contributed by atoms with Crippen molar-refractivity contribution in [3.8, 4) is 0 Å². The van der Waals surface area contributed by atoms with Gasteiger partial charge in [-0.05, 0) is 53.3 Å². The Bertz CT molecular complexity index is 744. The third-order valence-electron chi connectivity index (χ3n) is 3.64. The molecule has 102 valence electrons. The second-order valence-electron chi connectivity index (χ2n) is 5.24. The Morgan fingerprint density at radius 3 is 2.21 bits per heavy atom. The summed E-state index contributed by atoms with van der Waals surface area (Å²) < 4.78 is 32.2. The van der Waals surface area contributed by atoms with Crippen molar-refractivity contribution in [2.24, 2.45) is 0 Å². The van der Waals surface area contributed by atoms with Crippen molar-refractivity contribution in [2.75, 3.05) is 0 Å². The summed E-state index contributed by atoms with van der Waals surface area (Å²) in [5.74, 6) is 0.375. The van der Waals surface area contributed by atoms with Crippen LogP contribution in [0.1, 0.15) is 36.5 Å². The largest absolute Gasteiger partial charge is 0.294 e. The number of fused-ring (bicyclic) bond motifs is 1. The van der Waals surface area contributed by atoms with Gasteiger partial charge in [0, 0.05) is 0 Å². The molecular formula is C15H18O3S. The molecular weight excluding hydrogens is 260 g/mol. The molecule has 0 aliphatic heterocycles. The first-order valence-corrected chi connectivity index (χ1v) is 7.67. The first-order chi connectivity index (χ1) is 8.71. The molecule has 19 heavy (non-hydrogen) atoms. The maximum absolute atomic E-state index is 11.4. The van der Waals surface area contributed by atoms with Gasteiger partial charge in [-0.25, -0.2) is 0 Å². The molecule has 0 fully saturated rings. The van der Waals surface area contributed by atoms with Crippen LogP contribution in [0.15, 0.2) is 29.2 Å². The molecule has 0 saturated carbocycles. The van der Waals surface area contributed by atoms with Crippen molar-refractivity contribution in [2.45, 2.75) is 38.5 Å². The second-order valence-corrected chi connectivity index (χ2v) is 6.63. The number of hydrogen-bond acceptors (Lipinski definition) is 2. The minimum absolute atomic E-state index is 0.00148.